The van der Waals surface area contributed by atoms with Crippen molar-refractivity contribution in [2.24, 2.45) is 0 Å². The summed E-state index contributed by atoms with van der Waals surface area (Å²) in [6.07, 6.45) is 2.13. The van der Waals surface area contributed by atoms with Gasteiger partial charge in [-0.1, -0.05) is 5.16 Å². The summed E-state index contributed by atoms with van der Waals surface area (Å²) in [7, 11) is 0. The van der Waals surface area contributed by atoms with Gasteiger partial charge in [-0.15, -0.1) is 0 Å². The van der Waals surface area contributed by atoms with Crippen LogP contribution in [0.4, 0.5) is 5.69 Å². The predicted molar refractivity (Wildman–Crippen MR) is 78.3 cm³/mol. The molecule has 0 saturated carbocycles. The van der Waals surface area contributed by atoms with Gasteiger partial charge in [-0.2, -0.15) is 4.98 Å². The number of nitrogens with zero attached hydrogens (tertiary/aromatic N) is 3. The van der Waals surface area contributed by atoms with Gasteiger partial charge in [0.25, 0.3) is 5.91 Å². The maximum atomic E-state index is 12.5. The maximum absolute atomic E-state index is 12.5. The summed E-state index contributed by atoms with van der Waals surface area (Å²) >= 11 is 0. The molecule has 7 nitrogen and oxygen atoms in total. The van der Waals surface area contributed by atoms with E-state index < -0.39 is 0 Å². The first kappa shape index (κ1) is 14.2. The third-order valence-corrected chi connectivity index (χ3v) is 3.67. The second-order valence-corrected chi connectivity index (χ2v) is 5.28. The van der Waals surface area contributed by atoms with Gasteiger partial charge in [-0.25, -0.2) is 0 Å². The van der Waals surface area contributed by atoms with E-state index in [1.165, 1.54) is 13.3 Å². The molecule has 7 heteroatoms. The molecular formula is C15H16N4O3. The summed E-state index contributed by atoms with van der Waals surface area (Å²) < 4.78 is 4.75. The van der Waals surface area contributed by atoms with Gasteiger partial charge in [0.05, 0.1) is 0 Å². The highest BCUT2D eigenvalue weighted by atomic mass is 16.5. The average Bonchev–Trinajstić information content (AvgIpc) is 3.18. The van der Waals surface area contributed by atoms with Crippen LogP contribution in [0.5, 0.6) is 0 Å². The number of carbonyl (C=O) groups is 2. The van der Waals surface area contributed by atoms with E-state index in [1.807, 2.05) is 0 Å². The van der Waals surface area contributed by atoms with E-state index in [9.17, 15) is 9.59 Å². The van der Waals surface area contributed by atoms with Crippen molar-refractivity contribution in [1.29, 1.82) is 0 Å². The van der Waals surface area contributed by atoms with Gasteiger partial charge in [0, 0.05) is 37.2 Å². The highest BCUT2D eigenvalue weighted by molar-refractivity contribution is 5.95. The van der Waals surface area contributed by atoms with Crippen LogP contribution >= 0.6 is 0 Å². The van der Waals surface area contributed by atoms with Crippen molar-refractivity contribution >= 4 is 17.5 Å². The molecule has 1 fully saturated rings. The van der Waals surface area contributed by atoms with Gasteiger partial charge in [0.2, 0.25) is 12.3 Å². The average molecular weight is 300 g/mol. The first-order valence-electron chi connectivity index (χ1n) is 7.06. The zero-order valence-corrected chi connectivity index (χ0v) is 12.2. The largest absolute Gasteiger partial charge is 0.343 e. The number of hydrogen-bond acceptors (Lipinski definition) is 5. The summed E-state index contributed by atoms with van der Waals surface area (Å²) in [6.45, 7) is 2.71. The molecule has 2 aromatic rings. The number of likely N-dealkylation sites (tertiary alicyclic amines) is 1. The van der Waals surface area contributed by atoms with Gasteiger partial charge in [-0.05, 0) is 30.7 Å². The van der Waals surface area contributed by atoms with Crippen LogP contribution in [0, 0.1) is 0 Å². The number of benzene rings is 1. The van der Waals surface area contributed by atoms with Crippen LogP contribution in [0.1, 0.15) is 35.4 Å². The van der Waals surface area contributed by atoms with Crippen LogP contribution in [-0.4, -0.2) is 39.9 Å². The molecule has 0 aliphatic carbocycles. The monoisotopic (exact) mass is 300 g/mol. The molecule has 1 unspecified atom stereocenters. The Kier molecular flexibility index (Phi) is 3.86. The second-order valence-electron chi connectivity index (χ2n) is 5.28. The van der Waals surface area contributed by atoms with Crippen molar-refractivity contribution < 1.29 is 14.1 Å². The molecule has 1 aromatic carbocycles. The molecule has 22 heavy (non-hydrogen) atoms. The number of carbonyl (C=O) groups excluding carboxylic acids is 2. The Hall–Kier alpha value is -2.70. The Morgan fingerprint density at radius 2 is 2.09 bits per heavy atom. The molecule has 3 rings (SSSR count). The number of anilines is 1. The van der Waals surface area contributed by atoms with Crippen LogP contribution in [0.2, 0.25) is 0 Å². The molecule has 1 atom stereocenters. The van der Waals surface area contributed by atoms with E-state index in [0.717, 1.165) is 6.42 Å². The second kappa shape index (κ2) is 5.97. The molecule has 1 saturated heterocycles. The molecule has 0 spiro atoms. The zero-order chi connectivity index (χ0) is 15.5. The van der Waals surface area contributed by atoms with Gasteiger partial charge in [0.15, 0.2) is 5.82 Å². The van der Waals surface area contributed by atoms with Gasteiger partial charge in [0.1, 0.15) is 0 Å². The van der Waals surface area contributed by atoms with E-state index in [-0.39, 0.29) is 17.7 Å². The van der Waals surface area contributed by atoms with Crippen molar-refractivity contribution in [3.8, 4) is 0 Å². The lowest BCUT2D eigenvalue weighted by molar-refractivity contribution is -0.114. The minimum Gasteiger partial charge on any atom is -0.343 e. The molecule has 2 amide bonds. The Morgan fingerprint density at radius 3 is 2.73 bits per heavy atom. The highest BCUT2D eigenvalue weighted by Crippen LogP contribution is 2.26. The van der Waals surface area contributed by atoms with Crippen molar-refractivity contribution in [2.45, 2.75) is 19.3 Å². The zero-order valence-electron chi connectivity index (χ0n) is 12.2. The summed E-state index contributed by atoms with van der Waals surface area (Å²) in [4.78, 5) is 29.3. The number of nitrogens with one attached hydrogen (secondary N) is 1. The lowest BCUT2D eigenvalue weighted by atomic mass is 10.1. The van der Waals surface area contributed by atoms with E-state index in [0.29, 0.717) is 30.2 Å². The molecule has 1 N–H and O–H groups in total. The minimum absolute atomic E-state index is 0.0274. The van der Waals surface area contributed by atoms with Gasteiger partial charge >= 0.3 is 0 Å². The summed E-state index contributed by atoms with van der Waals surface area (Å²) in [6, 6.07) is 6.88. The fourth-order valence-corrected chi connectivity index (χ4v) is 2.60. The molecule has 0 bridgehead atoms. The standard InChI is InChI=1S/C15H16N4O3/c1-10(20)17-13-4-2-11(3-5-13)15(21)19-7-6-12(8-19)14-16-9-22-18-14/h2-5,9,12H,6-8H2,1H3,(H,17,20). The fraction of sp³-hybridized carbons (Fsp3) is 0.333. The highest BCUT2D eigenvalue weighted by Gasteiger charge is 2.30. The number of rotatable bonds is 3. The lowest BCUT2D eigenvalue weighted by Crippen LogP contribution is -2.28. The topological polar surface area (TPSA) is 88.3 Å². The predicted octanol–water partition coefficient (Wildman–Crippen LogP) is 1.66. The van der Waals surface area contributed by atoms with Crippen LogP contribution in [0.3, 0.4) is 0 Å². The summed E-state index contributed by atoms with van der Waals surface area (Å²) in [5, 5.41) is 6.51. The Morgan fingerprint density at radius 1 is 1.32 bits per heavy atom. The molecule has 0 radical (unpaired) electrons. The SMILES string of the molecule is CC(=O)Nc1ccc(C(=O)N2CCC(c3ncon3)C2)cc1. The Labute approximate surface area is 127 Å². The number of hydrogen-bond donors (Lipinski definition) is 1. The molecular weight excluding hydrogens is 284 g/mol. The van der Waals surface area contributed by atoms with Crippen molar-refractivity contribution in [3.05, 3.63) is 42.0 Å². The van der Waals surface area contributed by atoms with E-state index in [2.05, 4.69) is 15.5 Å². The first-order valence-corrected chi connectivity index (χ1v) is 7.06. The van der Waals surface area contributed by atoms with E-state index in [1.54, 1.807) is 29.2 Å². The summed E-state index contributed by atoms with van der Waals surface area (Å²) in [5.41, 5.74) is 1.28. The van der Waals surface area contributed by atoms with E-state index in [4.69, 9.17) is 4.52 Å². The summed E-state index contributed by atoms with van der Waals surface area (Å²) in [5.74, 6) is 0.611. The quantitative estimate of drug-likeness (QED) is 0.931. The third-order valence-electron chi connectivity index (χ3n) is 3.67. The van der Waals surface area contributed by atoms with Crippen LogP contribution in [-0.2, 0) is 4.79 Å². The van der Waals surface area contributed by atoms with Crippen LogP contribution < -0.4 is 5.32 Å². The first-order chi connectivity index (χ1) is 10.6. The molecule has 1 aromatic heterocycles. The van der Waals surface area contributed by atoms with Crippen molar-refractivity contribution in [3.63, 3.8) is 0 Å². The molecule has 1 aliphatic rings. The van der Waals surface area contributed by atoms with Crippen molar-refractivity contribution in [2.75, 3.05) is 18.4 Å². The Balaban J connectivity index is 1.65. The molecule has 114 valence electrons. The molecule has 2 heterocycles. The maximum Gasteiger partial charge on any atom is 0.253 e. The van der Waals surface area contributed by atoms with Crippen molar-refractivity contribution in [1.82, 2.24) is 15.0 Å². The fourth-order valence-electron chi connectivity index (χ4n) is 2.60. The number of aromatic nitrogens is 2. The lowest BCUT2D eigenvalue weighted by Gasteiger charge is -2.16. The normalized spacial score (nSPS) is 17.5. The van der Waals surface area contributed by atoms with Crippen LogP contribution in [0.15, 0.2) is 35.2 Å². The van der Waals surface area contributed by atoms with Gasteiger partial charge < -0.3 is 14.7 Å². The third kappa shape index (κ3) is 2.98. The van der Waals surface area contributed by atoms with Crippen LogP contribution in [0.25, 0.3) is 0 Å². The molecule has 1 aliphatic heterocycles. The van der Waals surface area contributed by atoms with E-state index >= 15 is 0 Å². The smallest absolute Gasteiger partial charge is 0.253 e. The van der Waals surface area contributed by atoms with Gasteiger partial charge in [-0.3, -0.25) is 9.59 Å². The number of amides is 2. The minimum atomic E-state index is -0.137. The Bertz CT molecular complexity index is 667.